The van der Waals surface area contributed by atoms with E-state index in [1.54, 1.807) is 0 Å². The quantitative estimate of drug-likeness (QED) is 0.284. The summed E-state index contributed by atoms with van der Waals surface area (Å²) in [5, 5.41) is 8.84. The zero-order valence-corrected chi connectivity index (χ0v) is 11.5. The molecule has 0 aliphatic carbocycles. The average Bonchev–Trinajstić information content (AvgIpc) is 2.28. The minimum atomic E-state index is -3.93. The summed E-state index contributed by atoms with van der Waals surface area (Å²) < 4.78 is 31.0. The molecule has 108 valence electrons. The largest absolute Gasteiger partial charge is 0.475 e. The van der Waals surface area contributed by atoms with Gasteiger partial charge in [-0.2, -0.15) is 8.42 Å². The first-order valence-electron chi connectivity index (χ1n) is 5.30. The molecule has 0 fully saturated rings. The van der Waals surface area contributed by atoms with Crippen LogP contribution in [0.2, 0.25) is 0 Å². The number of benzene rings is 1. The Morgan fingerprint density at radius 3 is 2.15 bits per heavy atom. The van der Waals surface area contributed by atoms with Crippen LogP contribution in [0.1, 0.15) is 12.5 Å². The lowest BCUT2D eigenvalue weighted by Crippen LogP contribution is -2.10. The van der Waals surface area contributed by atoms with Crippen molar-refractivity contribution in [2.24, 2.45) is 0 Å². The van der Waals surface area contributed by atoms with Crippen LogP contribution in [0.25, 0.3) is 6.08 Å². The number of carbonyl (C=O) groups is 2. The Morgan fingerprint density at radius 2 is 1.75 bits per heavy atom. The molecule has 0 aliphatic heterocycles. The lowest BCUT2D eigenvalue weighted by molar-refractivity contribution is -0.135. The van der Waals surface area contributed by atoms with Crippen LogP contribution in [0.4, 0.5) is 0 Å². The van der Waals surface area contributed by atoms with Crippen molar-refractivity contribution >= 4 is 28.1 Å². The first-order chi connectivity index (χ1) is 9.17. The van der Waals surface area contributed by atoms with Crippen molar-refractivity contribution in [1.82, 2.24) is 0 Å². The van der Waals surface area contributed by atoms with Gasteiger partial charge in [-0.3, -0.25) is 4.79 Å². The number of aliphatic carboxylic acids is 1. The Kier molecular flexibility index (Phi) is 4.87. The van der Waals surface area contributed by atoms with E-state index in [2.05, 4.69) is 4.18 Å². The third-order valence-corrected chi connectivity index (χ3v) is 2.37. The lowest BCUT2D eigenvalue weighted by atomic mass is 10.2. The summed E-state index contributed by atoms with van der Waals surface area (Å²) in [6, 6.07) is 5.78. The zero-order chi connectivity index (χ0) is 15.3. The topological polar surface area (TPSA) is 107 Å². The minimum absolute atomic E-state index is 0.288. The van der Waals surface area contributed by atoms with Gasteiger partial charge in [-0.15, -0.1) is 0 Å². The van der Waals surface area contributed by atoms with Crippen molar-refractivity contribution in [2.45, 2.75) is 6.92 Å². The van der Waals surface area contributed by atoms with Gasteiger partial charge in [0.25, 0.3) is 0 Å². The summed E-state index contributed by atoms with van der Waals surface area (Å²) in [4.78, 5) is 21.6. The van der Waals surface area contributed by atoms with Gasteiger partial charge in [-0.25, -0.2) is 4.79 Å². The standard InChI is InChI=1S/C12H12O7S/c1-8(13)18-10-5-3-9(4-6-10)7-11(12(14)15)19-20(2,16)17/h3-7H,1-2H3,(H,14,15). The molecule has 1 N–H and O–H groups in total. The van der Waals surface area contributed by atoms with E-state index in [-0.39, 0.29) is 5.75 Å². The van der Waals surface area contributed by atoms with Crippen LogP contribution in [0.5, 0.6) is 5.75 Å². The number of carboxylic acids is 1. The van der Waals surface area contributed by atoms with E-state index in [1.807, 2.05) is 0 Å². The summed E-state index contributed by atoms with van der Waals surface area (Å²) in [7, 11) is -3.93. The van der Waals surface area contributed by atoms with Crippen molar-refractivity contribution in [3.05, 3.63) is 35.6 Å². The molecule has 0 amide bonds. The molecule has 0 spiro atoms. The molecule has 0 bridgehead atoms. The highest BCUT2D eigenvalue weighted by Gasteiger charge is 2.15. The van der Waals surface area contributed by atoms with E-state index in [0.717, 1.165) is 12.3 Å². The summed E-state index contributed by atoms with van der Waals surface area (Å²) in [5.74, 6) is -2.44. The smallest absolute Gasteiger partial charge is 0.372 e. The van der Waals surface area contributed by atoms with Crippen LogP contribution in [0.15, 0.2) is 30.0 Å². The van der Waals surface area contributed by atoms with E-state index in [1.165, 1.54) is 31.2 Å². The number of hydrogen-bond acceptors (Lipinski definition) is 6. The fourth-order valence-corrected chi connectivity index (χ4v) is 1.68. The number of esters is 1. The third kappa shape index (κ3) is 5.53. The van der Waals surface area contributed by atoms with Gasteiger partial charge in [0.1, 0.15) is 5.75 Å². The molecule has 0 unspecified atom stereocenters. The lowest BCUT2D eigenvalue weighted by Gasteiger charge is -2.04. The van der Waals surface area contributed by atoms with Crippen LogP contribution in [-0.4, -0.2) is 31.7 Å². The number of carboxylic acid groups (broad SMARTS) is 1. The van der Waals surface area contributed by atoms with E-state index < -0.39 is 27.8 Å². The molecule has 1 rings (SSSR count). The summed E-state index contributed by atoms with van der Waals surface area (Å²) in [5.41, 5.74) is 0.377. The molecule has 0 saturated carbocycles. The predicted molar refractivity (Wildman–Crippen MR) is 69.3 cm³/mol. The van der Waals surface area contributed by atoms with Gasteiger partial charge < -0.3 is 14.0 Å². The number of carbonyl (C=O) groups excluding carboxylic acids is 1. The van der Waals surface area contributed by atoms with Gasteiger partial charge in [0.05, 0.1) is 6.26 Å². The molecule has 0 radical (unpaired) electrons. The van der Waals surface area contributed by atoms with Gasteiger partial charge in [0, 0.05) is 6.92 Å². The van der Waals surface area contributed by atoms with Crippen LogP contribution < -0.4 is 4.74 Å². The fourth-order valence-electron chi connectivity index (χ4n) is 1.23. The highest BCUT2D eigenvalue weighted by molar-refractivity contribution is 7.86. The molecule has 1 aromatic rings. The predicted octanol–water partition coefficient (Wildman–Crippen LogP) is 1.01. The number of rotatable bonds is 5. The Bertz CT molecular complexity index is 641. The van der Waals surface area contributed by atoms with Crippen LogP contribution in [0, 0.1) is 0 Å². The maximum atomic E-state index is 10.9. The molecule has 0 heterocycles. The molecule has 0 aromatic heterocycles. The Balaban J connectivity index is 3.00. The van der Waals surface area contributed by atoms with Crippen molar-refractivity contribution in [2.75, 3.05) is 6.26 Å². The first-order valence-corrected chi connectivity index (χ1v) is 7.12. The second kappa shape index (κ2) is 6.20. The molecule has 0 aliphatic rings. The molecule has 8 heteroatoms. The summed E-state index contributed by atoms with van der Waals surface area (Å²) in [6.45, 7) is 1.25. The molecular weight excluding hydrogens is 288 g/mol. The summed E-state index contributed by atoms with van der Waals surface area (Å²) >= 11 is 0. The average molecular weight is 300 g/mol. The maximum absolute atomic E-state index is 10.9. The molecule has 0 saturated heterocycles. The van der Waals surface area contributed by atoms with Crippen molar-refractivity contribution in [3.8, 4) is 5.75 Å². The molecule has 1 aromatic carbocycles. The normalized spacial score (nSPS) is 11.8. The van der Waals surface area contributed by atoms with E-state index in [0.29, 0.717) is 5.56 Å². The van der Waals surface area contributed by atoms with Gasteiger partial charge >= 0.3 is 22.1 Å². The van der Waals surface area contributed by atoms with Gasteiger partial charge in [-0.05, 0) is 23.8 Å². The second-order valence-corrected chi connectivity index (χ2v) is 5.34. The van der Waals surface area contributed by atoms with Crippen molar-refractivity contribution < 1.29 is 32.0 Å². The monoisotopic (exact) mass is 300 g/mol. The fraction of sp³-hybridized carbons (Fsp3) is 0.167. The van der Waals surface area contributed by atoms with Crippen LogP contribution in [-0.2, 0) is 23.9 Å². The van der Waals surface area contributed by atoms with Gasteiger partial charge in [0.2, 0.25) is 5.76 Å². The van der Waals surface area contributed by atoms with Gasteiger partial charge in [0.15, 0.2) is 0 Å². The summed E-state index contributed by atoms with van der Waals surface area (Å²) in [6.07, 6.45) is 1.79. The third-order valence-electron chi connectivity index (χ3n) is 1.89. The van der Waals surface area contributed by atoms with Crippen molar-refractivity contribution in [1.29, 1.82) is 0 Å². The molecule has 0 atom stereocenters. The van der Waals surface area contributed by atoms with Crippen molar-refractivity contribution in [3.63, 3.8) is 0 Å². The second-order valence-electron chi connectivity index (χ2n) is 3.76. The molecular formula is C12H12O7S. The SMILES string of the molecule is CC(=O)Oc1ccc(C=C(OS(C)(=O)=O)C(=O)O)cc1. The highest BCUT2D eigenvalue weighted by Crippen LogP contribution is 2.16. The van der Waals surface area contributed by atoms with Gasteiger partial charge in [-0.1, -0.05) is 12.1 Å². The molecule has 7 nitrogen and oxygen atoms in total. The number of hydrogen-bond donors (Lipinski definition) is 1. The van der Waals surface area contributed by atoms with E-state index >= 15 is 0 Å². The van der Waals surface area contributed by atoms with E-state index in [9.17, 15) is 18.0 Å². The van der Waals surface area contributed by atoms with E-state index in [4.69, 9.17) is 9.84 Å². The Hall–Kier alpha value is -2.35. The maximum Gasteiger partial charge on any atom is 0.372 e. The first kappa shape index (κ1) is 15.7. The Morgan fingerprint density at radius 1 is 1.20 bits per heavy atom. The van der Waals surface area contributed by atoms with Crippen LogP contribution in [0.3, 0.4) is 0 Å². The number of ether oxygens (including phenoxy) is 1. The van der Waals surface area contributed by atoms with Crippen LogP contribution >= 0.6 is 0 Å². The zero-order valence-electron chi connectivity index (χ0n) is 10.7. The Labute approximate surface area is 115 Å². The highest BCUT2D eigenvalue weighted by atomic mass is 32.2. The molecule has 20 heavy (non-hydrogen) atoms. The minimum Gasteiger partial charge on any atom is -0.475 e.